The molecule has 1 aromatic rings. The summed E-state index contributed by atoms with van der Waals surface area (Å²) in [6.45, 7) is 7.90. The van der Waals surface area contributed by atoms with Gasteiger partial charge in [0.2, 0.25) is 5.91 Å². The second-order valence-corrected chi connectivity index (χ2v) is 7.44. The molecule has 25 heavy (non-hydrogen) atoms. The van der Waals surface area contributed by atoms with Gasteiger partial charge in [0, 0.05) is 45.3 Å². The number of carbonyl (C=O) groups is 1. The number of amides is 1. The number of β-amino-alcohol motifs (C(OH)–C–C–N with tert-alkyl or cyclic N) is 1. The van der Waals surface area contributed by atoms with Gasteiger partial charge in [-0.05, 0) is 31.7 Å². The number of hydrogen-bond acceptors (Lipinski definition) is 4. The summed E-state index contributed by atoms with van der Waals surface area (Å²) in [6, 6.07) is 10.2. The fourth-order valence-corrected chi connectivity index (χ4v) is 3.91. The third-order valence-corrected chi connectivity index (χ3v) is 5.56. The van der Waals surface area contributed by atoms with Crippen LogP contribution in [0.5, 0.6) is 0 Å². The molecule has 0 spiro atoms. The highest BCUT2D eigenvalue weighted by molar-refractivity contribution is 5.78. The van der Waals surface area contributed by atoms with Crippen molar-refractivity contribution in [1.29, 1.82) is 0 Å². The van der Waals surface area contributed by atoms with Crippen LogP contribution in [0.25, 0.3) is 0 Å². The first-order valence-electron chi connectivity index (χ1n) is 9.60. The van der Waals surface area contributed by atoms with Crippen LogP contribution in [0.1, 0.15) is 37.9 Å². The Hall–Kier alpha value is -1.43. The number of aliphatic hydroxyl groups excluding tert-OH is 1. The van der Waals surface area contributed by atoms with Gasteiger partial charge in [0.15, 0.2) is 0 Å². The quantitative estimate of drug-likeness (QED) is 0.883. The maximum atomic E-state index is 12.6. The van der Waals surface area contributed by atoms with Crippen molar-refractivity contribution < 1.29 is 9.90 Å². The molecule has 0 bridgehead atoms. The Morgan fingerprint density at radius 3 is 2.44 bits per heavy atom. The lowest BCUT2D eigenvalue weighted by Gasteiger charge is -2.38. The normalized spacial score (nSPS) is 24.2. The van der Waals surface area contributed by atoms with E-state index in [-0.39, 0.29) is 5.91 Å². The van der Waals surface area contributed by atoms with Crippen LogP contribution in [0.2, 0.25) is 0 Å². The zero-order valence-corrected chi connectivity index (χ0v) is 15.3. The van der Waals surface area contributed by atoms with Gasteiger partial charge in [-0.15, -0.1) is 0 Å². The van der Waals surface area contributed by atoms with Gasteiger partial charge in [0.1, 0.15) is 0 Å². The minimum Gasteiger partial charge on any atom is -0.387 e. The largest absolute Gasteiger partial charge is 0.387 e. The maximum Gasteiger partial charge on any atom is 0.236 e. The molecular formula is C20H31N3O2. The van der Waals surface area contributed by atoms with Gasteiger partial charge in [-0.3, -0.25) is 14.6 Å². The van der Waals surface area contributed by atoms with Crippen molar-refractivity contribution in [2.24, 2.45) is 0 Å². The molecule has 3 rings (SSSR count). The maximum absolute atomic E-state index is 12.6. The molecule has 2 aliphatic rings. The van der Waals surface area contributed by atoms with E-state index in [2.05, 4.69) is 21.6 Å². The summed E-state index contributed by atoms with van der Waals surface area (Å²) < 4.78 is 0. The van der Waals surface area contributed by atoms with Crippen molar-refractivity contribution in [3.8, 4) is 0 Å². The first-order valence-corrected chi connectivity index (χ1v) is 9.60. The molecular weight excluding hydrogens is 314 g/mol. The summed E-state index contributed by atoms with van der Waals surface area (Å²) in [5, 5.41) is 10.4. The molecule has 2 atom stereocenters. The van der Waals surface area contributed by atoms with E-state index < -0.39 is 6.10 Å². The fourth-order valence-electron chi connectivity index (χ4n) is 3.91. The summed E-state index contributed by atoms with van der Waals surface area (Å²) in [4.78, 5) is 19.2. The average Bonchev–Trinajstić information content (AvgIpc) is 2.64. The molecule has 5 heteroatoms. The van der Waals surface area contributed by atoms with Crippen LogP contribution in [-0.4, -0.2) is 77.6 Å². The van der Waals surface area contributed by atoms with Crippen LogP contribution in [0, 0.1) is 0 Å². The lowest BCUT2D eigenvalue weighted by molar-refractivity contribution is -0.136. The number of likely N-dealkylation sites (tertiary alicyclic amines) is 1. The summed E-state index contributed by atoms with van der Waals surface area (Å²) in [6.07, 6.45) is 3.08. The van der Waals surface area contributed by atoms with Crippen LogP contribution in [0.4, 0.5) is 0 Å². The molecule has 0 unspecified atom stereocenters. The molecule has 2 heterocycles. The molecule has 2 aliphatic heterocycles. The van der Waals surface area contributed by atoms with Gasteiger partial charge in [-0.1, -0.05) is 30.3 Å². The van der Waals surface area contributed by atoms with Gasteiger partial charge in [-0.2, -0.15) is 0 Å². The highest BCUT2D eigenvalue weighted by atomic mass is 16.3. The molecule has 2 fully saturated rings. The van der Waals surface area contributed by atoms with Crippen LogP contribution in [-0.2, 0) is 4.79 Å². The van der Waals surface area contributed by atoms with Crippen molar-refractivity contribution in [2.75, 3.05) is 45.8 Å². The molecule has 0 radical (unpaired) electrons. The number of piperazine rings is 1. The Labute approximate surface area is 151 Å². The molecule has 5 nitrogen and oxygen atoms in total. The fraction of sp³-hybridized carbons (Fsp3) is 0.650. The lowest BCUT2D eigenvalue weighted by atomic mass is 10.0. The number of carbonyl (C=O) groups excluding carboxylic acids is 1. The van der Waals surface area contributed by atoms with Crippen LogP contribution >= 0.6 is 0 Å². The van der Waals surface area contributed by atoms with Crippen LogP contribution < -0.4 is 0 Å². The van der Waals surface area contributed by atoms with E-state index in [4.69, 9.17) is 0 Å². The van der Waals surface area contributed by atoms with Gasteiger partial charge in [0.25, 0.3) is 0 Å². The van der Waals surface area contributed by atoms with E-state index in [0.717, 1.165) is 51.1 Å². The summed E-state index contributed by atoms with van der Waals surface area (Å²) in [5.74, 6) is 0.282. The number of benzene rings is 1. The third-order valence-electron chi connectivity index (χ3n) is 5.56. The number of rotatable bonds is 5. The van der Waals surface area contributed by atoms with E-state index in [1.165, 1.54) is 6.42 Å². The zero-order valence-electron chi connectivity index (χ0n) is 15.3. The predicted octanol–water partition coefficient (Wildman–Crippen LogP) is 1.74. The molecule has 1 aromatic carbocycles. The zero-order chi connectivity index (χ0) is 17.6. The van der Waals surface area contributed by atoms with E-state index in [0.29, 0.717) is 19.1 Å². The molecule has 0 saturated carbocycles. The SMILES string of the molecule is C[C@H]1CCCCN1C(=O)CN1CCN(C[C@H](O)c2ccccc2)CC1. The van der Waals surface area contributed by atoms with Crippen molar-refractivity contribution in [1.82, 2.24) is 14.7 Å². The van der Waals surface area contributed by atoms with Crippen LogP contribution in [0.3, 0.4) is 0 Å². The van der Waals surface area contributed by atoms with Crippen LogP contribution in [0.15, 0.2) is 30.3 Å². The second kappa shape index (κ2) is 8.79. The molecule has 2 saturated heterocycles. The minimum absolute atomic E-state index is 0.282. The Bertz CT molecular complexity index is 543. The van der Waals surface area contributed by atoms with Gasteiger partial charge in [-0.25, -0.2) is 0 Å². The summed E-state index contributed by atoms with van der Waals surface area (Å²) >= 11 is 0. The molecule has 1 N–H and O–H groups in total. The van der Waals surface area contributed by atoms with Gasteiger partial charge in [0.05, 0.1) is 12.6 Å². The van der Waals surface area contributed by atoms with Gasteiger partial charge < -0.3 is 10.0 Å². The average molecular weight is 345 g/mol. The number of nitrogens with zero attached hydrogens (tertiary/aromatic N) is 3. The Morgan fingerprint density at radius 2 is 1.76 bits per heavy atom. The highest BCUT2D eigenvalue weighted by Gasteiger charge is 2.26. The van der Waals surface area contributed by atoms with E-state index in [1.54, 1.807) is 0 Å². The monoisotopic (exact) mass is 345 g/mol. The predicted molar refractivity (Wildman–Crippen MR) is 99.3 cm³/mol. The standard InChI is InChI=1S/C20H31N3O2/c1-17-7-5-6-10-23(17)20(25)16-22-13-11-21(12-14-22)15-19(24)18-8-3-2-4-9-18/h2-4,8-9,17,19,24H,5-7,10-16H2,1H3/t17-,19-/m0/s1. The third kappa shape index (κ3) is 5.03. The number of aliphatic hydroxyl groups is 1. The Morgan fingerprint density at radius 1 is 1.08 bits per heavy atom. The van der Waals surface area contributed by atoms with Gasteiger partial charge >= 0.3 is 0 Å². The summed E-state index contributed by atoms with van der Waals surface area (Å²) in [5.41, 5.74) is 0.971. The first-order chi connectivity index (χ1) is 12.1. The van der Waals surface area contributed by atoms with Crippen molar-refractivity contribution in [3.63, 3.8) is 0 Å². The first kappa shape index (κ1) is 18.4. The molecule has 1 amide bonds. The minimum atomic E-state index is -0.441. The van der Waals surface area contributed by atoms with Crippen molar-refractivity contribution >= 4 is 5.91 Å². The second-order valence-electron chi connectivity index (χ2n) is 7.44. The number of hydrogen-bond donors (Lipinski definition) is 1. The Balaban J connectivity index is 1.42. The van der Waals surface area contributed by atoms with E-state index >= 15 is 0 Å². The Kier molecular flexibility index (Phi) is 6.45. The topological polar surface area (TPSA) is 47.0 Å². The molecule has 0 aromatic heterocycles. The van der Waals surface area contributed by atoms with E-state index in [1.807, 2.05) is 30.3 Å². The lowest BCUT2D eigenvalue weighted by Crippen LogP contribution is -2.52. The highest BCUT2D eigenvalue weighted by Crippen LogP contribution is 2.18. The smallest absolute Gasteiger partial charge is 0.236 e. The van der Waals surface area contributed by atoms with E-state index in [9.17, 15) is 9.90 Å². The number of piperidine rings is 1. The van der Waals surface area contributed by atoms with Crippen molar-refractivity contribution in [3.05, 3.63) is 35.9 Å². The summed E-state index contributed by atoms with van der Waals surface area (Å²) in [7, 11) is 0. The van der Waals surface area contributed by atoms with Crippen molar-refractivity contribution in [2.45, 2.75) is 38.3 Å². The molecule has 138 valence electrons. The molecule has 0 aliphatic carbocycles.